The summed E-state index contributed by atoms with van der Waals surface area (Å²) in [6.45, 7) is 1.25. The van der Waals surface area contributed by atoms with E-state index in [4.69, 9.17) is 0 Å². The van der Waals surface area contributed by atoms with Crippen LogP contribution in [-0.4, -0.2) is 56.4 Å². The molecule has 2 aliphatic heterocycles. The van der Waals surface area contributed by atoms with Crippen LogP contribution in [0.2, 0.25) is 0 Å². The van der Waals surface area contributed by atoms with Gasteiger partial charge in [0.1, 0.15) is 13.2 Å². The molecule has 2 rings (SSSR count). The zero-order chi connectivity index (χ0) is 13.2. The van der Waals surface area contributed by atoms with Crippen LogP contribution >= 0.6 is 12.4 Å². The van der Waals surface area contributed by atoms with Crippen molar-refractivity contribution in [1.82, 2.24) is 10.2 Å². The Labute approximate surface area is 116 Å². The standard InChI is InChI=1S/C11H17F3N2O2.ClH/c12-11(13,14)8-18-5-9(17)16-4-2-10(7-16)1-3-15-6-10;/h15H,1-8H2;1H. The third-order valence-corrected chi connectivity index (χ3v) is 3.61. The molecule has 0 radical (unpaired) electrons. The molecule has 4 nitrogen and oxygen atoms in total. The lowest BCUT2D eigenvalue weighted by Gasteiger charge is -2.22. The molecule has 8 heteroatoms. The normalized spacial score (nSPS) is 26.8. The Morgan fingerprint density at radius 1 is 1.37 bits per heavy atom. The van der Waals surface area contributed by atoms with Crippen molar-refractivity contribution in [1.29, 1.82) is 0 Å². The minimum atomic E-state index is -4.37. The van der Waals surface area contributed by atoms with Gasteiger partial charge in [-0.3, -0.25) is 4.79 Å². The number of ether oxygens (including phenoxy) is 1. The van der Waals surface area contributed by atoms with Gasteiger partial charge in [0, 0.05) is 25.0 Å². The molecule has 112 valence electrons. The number of halogens is 4. The molecule has 1 spiro atoms. The molecule has 19 heavy (non-hydrogen) atoms. The number of hydrogen-bond acceptors (Lipinski definition) is 3. The van der Waals surface area contributed by atoms with Crippen LogP contribution in [0.4, 0.5) is 13.2 Å². The molecule has 0 bridgehead atoms. The fourth-order valence-electron chi connectivity index (χ4n) is 2.64. The van der Waals surface area contributed by atoms with E-state index >= 15 is 0 Å². The van der Waals surface area contributed by atoms with Gasteiger partial charge in [-0.05, 0) is 19.4 Å². The highest BCUT2D eigenvalue weighted by atomic mass is 35.5. The summed E-state index contributed by atoms with van der Waals surface area (Å²) < 4.78 is 40.0. The predicted octanol–water partition coefficient (Wildman–Crippen LogP) is 1.20. The van der Waals surface area contributed by atoms with Crippen molar-refractivity contribution >= 4 is 18.3 Å². The van der Waals surface area contributed by atoms with Crippen molar-refractivity contribution in [3.8, 4) is 0 Å². The van der Waals surface area contributed by atoms with E-state index in [1.807, 2.05) is 0 Å². The number of carbonyl (C=O) groups excluding carboxylic acids is 1. The maximum atomic E-state index is 11.9. The molecule has 2 aliphatic rings. The second-order valence-electron chi connectivity index (χ2n) is 5.10. The van der Waals surface area contributed by atoms with Crippen LogP contribution in [0.3, 0.4) is 0 Å². The first-order valence-corrected chi connectivity index (χ1v) is 6.03. The van der Waals surface area contributed by atoms with Crippen molar-refractivity contribution in [3.63, 3.8) is 0 Å². The Morgan fingerprint density at radius 3 is 2.68 bits per heavy atom. The van der Waals surface area contributed by atoms with E-state index in [1.165, 1.54) is 0 Å². The molecule has 0 aliphatic carbocycles. The van der Waals surface area contributed by atoms with Gasteiger partial charge in [-0.1, -0.05) is 0 Å². The van der Waals surface area contributed by atoms with Gasteiger partial charge in [-0.15, -0.1) is 12.4 Å². The van der Waals surface area contributed by atoms with Gasteiger partial charge >= 0.3 is 6.18 Å². The Bertz CT molecular complexity index is 320. The molecule has 1 unspecified atom stereocenters. The molecule has 0 aromatic carbocycles. The Hall–Kier alpha value is -0.530. The Morgan fingerprint density at radius 2 is 2.11 bits per heavy atom. The van der Waals surface area contributed by atoms with Crippen LogP contribution in [0.25, 0.3) is 0 Å². The van der Waals surface area contributed by atoms with E-state index in [0.29, 0.717) is 13.1 Å². The summed E-state index contributed by atoms with van der Waals surface area (Å²) in [7, 11) is 0. The van der Waals surface area contributed by atoms with E-state index in [1.54, 1.807) is 4.90 Å². The highest BCUT2D eigenvalue weighted by Crippen LogP contribution is 2.35. The second kappa shape index (κ2) is 6.28. The van der Waals surface area contributed by atoms with Gasteiger partial charge in [0.05, 0.1) is 0 Å². The van der Waals surface area contributed by atoms with E-state index in [0.717, 1.165) is 25.9 Å². The molecule has 1 atom stereocenters. The Kier molecular flexibility index (Phi) is 5.46. The topological polar surface area (TPSA) is 41.6 Å². The maximum absolute atomic E-state index is 11.9. The average molecular weight is 303 g/mol. The number of amides is 1. The third kappa shape index (κ3) is 4.50. The predicted molar refractivity (Wildman–Crippen MR) is 65.2 cm³/mol. The fourth-order valence-corrected chi connectivity index (χ4v) is 2.64. The van der Waals surface area contributed by atoms with Gasteiger partial charge in [0.2, 0.25) is 5.91 Å². The fraction of sp³-hybridized carbons (Fsp3) is 0.909. The van der Waals surface area contributed by atoms with Crippen LogP contribution in [0.5, 0.6) is 0 Å². The number of carbonyl (C=O) groups is 1. The quantitative estimate of drug-likeness (QED) is 0.852. The number of hydrogen-bond donors (Lipinski definition) is 1. The molecule has 0 aromatic heterocycles. The molecule has 2 saturated heterocycles. The zero-order valence-electron chi connectivity index (χ0n) is 10.5. The Balaban J connectivity index is 0.00000180. The number of likely N-dealkylation sites (tertiary alicyclic amines) is 1. The summed E-state index contributed by atoms with van der Waals surface area (Å²) in [6.07, 6.45) is -2.42. The molecular formula is C11H18ClF3N2O2. The number of alkyl halides is 3. The van der Waals surface area contributed by atoms with Gasteiger partial charge in [0.15, 0.2) is 0 Å². The molecule has 0 aromatic rings. The monoisotopic (exact) mass is 302 g/mol. The van der Waals surface area contributed by atoms with Gasteiger partial charge in [-0.2, -0.15) is 13.2 Å². The second-order valence-corrected chi connectivity index (χ2v) is 5.10. The van der Waals surface area contributed by atoms with Gasteiger partial charge in [-0.25, -0.2) is 0 Å². The van der Waals surface area contributed by atoms with Gasteiger partial charge < -0.3 is 15.0 Å². The van der Waals surface area contributed by atoms with Crippen molar-refractivity contribution in [2.45, 2.75) is 19.0 Å². The highest BCUT2D eigenvalue weighted by molar-refractivity contribution is 5.85. The van der Waals surface area contributed by atoms with Crippen molar-refractivity contribution in [3.05, 3.63) is 0 Å². The SMILES string of the molecule is Cl.O=C(COCC(F)(F)F)N1CCC2(CCNC2)C1. The number of nitrogens with zero attached hydrogens (tertiary/aromatic N) is 1. The smallest absolute Gasteiger partial charge is 0.362 e. The zero-order valence-corrected chi connectivity index (χ0v) is 11.3. The average Bonchev–Trinajstić information content (AvgIpc) is 2.88. The summed E-state index contributed by atoms with van der Waals surface area (Å²) in [6, 6.07) is 0. The van der Waals surface area contributed by atoms with E-state index in [-0.39, 0.29) is 23.7 Å². The lowest BCUT2D eigenvalue weighted by molar-refractivity contribution is -0.177. The minimum absolute atomic E-state index is 0. The third-order valence-electron chi connectivity index (χ3n) is 3.61. The molecule has 2 heterocycles. The lowest BCUT2D eigenvalue weighted by atomic mass is 9.87. The van der Waals surface area contributed by atoms with Gasteiger partial charge in [0.25, 0.3) is 0 Å². The van der Waals surface area contributed by atoms with Crippen LogP contribution in [0.1, 0.15) is 12.8 Å². The van der Waals surface area contributed by atoms with E-state index in [9.17, 15) is 18.0 Å². The summed E-state index contributed by atoms with van der Waals surface area (Å²) in [4.78, 5) is 13.3. The lowest BCUT2D eigenvalue weighted by Crippen LogP contribution is -2.36. The summed E-state index contributed by atoms with van der Waals surface area (Å²) >= 11 is 0. The largest absolute Gasteiger partial charge is 0.411 e. The summed E-state index contributed by atoms with van der Waals surface area (Å²) in [5, 5.41) is 3.26. The van der Waals surface area contributed by atoms with Crippen molar-refractivity contribution in [2.24, 2.45) is 5.41 Å². The minimum Gasteiger partial charge on any atom is -0.362 e. The first-order valence-electron chi connectivity index (χ1n) is 6.03. The molecular weight excluding hydrogens is 285 g/mol. The molecule has 2 fully saturated rings. The van der Waals surface area contributed by atoms with Crippen LogP contribution < -0.4 is 5.32 Å². The molecule has 0 saturated carbocycles. The maximum Gasteiger partial charge on any atom is 0.411 e. The number of nitrogens with one attached hydrogen (secondary N) is 1. The first kappa shape index (κ1) is 16.5. The van der Waals surface area contributed by atoms with Crippen LogP contribution in [0, 0.1) is 5.41 Å². The van der Waals surface area contributed by atoms with Crippen molar-refractivity contribution in [2.75, 3.05) is 39.4 Å². The number of rotatable bonds is 3. The van der Waals surface area contributed by atoms with Crippen LogP contribution in [0.15, 0.2) is 0 Å². The first-order chi connectivity index (χ1) is 8.40. The van der Waals surface area contributed by atoms with E-state index < -0.39 is 19.4 Å². The van der Waals surface area contributed by atoms with Crippen LogP contribution in [-0.2, 0) is 9.53 Å². The molecule has 1 N–H and O–H groups in total. The molecule has 1 amide bonds. The summed E-state index contributed by atoms with van der Waals surface area (Å²) in [5.41, 5.74) is 0.139. The highest BCUT2D eigenvalue weighted by Gasteiger charge is 2.41. The van der Waals surface area contributed by atoms with Crippen molar-refractivity contribution < 1.29 is 22.7 Å². The summed E-state index contributed by atoms with van der Waals surface area (Å²) in [5.74, 6) is -0.344. The van der Waals surface area contributed by atoms with E-state index in [2.05, 4.69) is 10.1 Å².